The highest BCUT2D eigenvalue weighted by Crippen LogP contribution is 2.46. The highest BCUT2D eigenvalue weighted by Gasteiger charge is 2.42. The van der Waals surface area contributed by atoms with E-state index in [1.54, 1.807) is 43.5 Å². The largest absolute Gasteiger partial charge is 0.496 e. The van der Waals surface area contributed by atoms with Gasteiger partial charge in [-0.05, 0) is 66.8 Å². The van der Waals surface area contributed by atoms with E-state index in [1.807, 2.05) is 32.0 Å². The number of carbonyl (C=O) groups is 2. The second-order valence-corrected chi connectivity index (χ2v) is 12.2. The molecule has 2 N–H and O–H groups in total. The summed E-state index contributed by atoms with van der Waals surface area (Å²) in [7, 11) is 1.57. The molecule has 0 saturated carbocycles. The molecular weight excluding hydrogens is 536 g/mol. The van der Waals surface area contributed by atoms with Crippen LogP contribution in [0.2, 0.25) is 0 Å². The third-order valence-electron chi connectivity index (χ3n) is 7.73. The minimum absolute atomic E-state index is 0.0281. The molecule has 5 rings (SSSR count). The van der Waals surface area contributed by atoms with Gasteiger partial charge >= 0.3 is 5.97 Å². The van der Waals surface area contributed by atoms with Crippen LogP contribution < -0.4 is 14.2 Å². The van der Waals surface area contributed by atoms with Crippen LogP contribution in [0.1, 0.15) is 73.0 Å². The Morgan fingerprint density at radius 1 is 1.02 bits per heavy atom. The van der Waals surface area contributed by atoms with Crippen molar-refractivity contribution in [2.75, 3.05) is 20.3 Å². The highest BCUT2D eigenvalue weighted by molar-refractivity contribution is 6.19. The number of hydrogen-bond donors (Lipinski definition) is 2. The van der Waals surface area contributed by atoms with Crippen LogP contribution in [0.4, 0.5) is 0 Å². The molecule has 8 nitrogen and oxygen atoms in total. The molecule has 4 aromatic rings. The smallest absolute Gasteiger partial charge is 0.315 e. The monoisotopic (exact) mass is 572 g/mol. The fraction of sp³-hybridized carbons (Fsp3) is 0.353. The minimum atomic E-state index is -1.00. The lowest BCUT2D eigenvalue weighted by Gasteiger charge is -2.31. The molecule has 1 aliphatic rings. The number of fused-ring (bicyclic) bond motifs is 4. The van der Waals surface area contributed by atoms with Crippen molar-refractivity contribution in [3.8, 4) is 17.2 Å². The van der Waals surface area contributed by atoms with Crippen LogP contribution in [0.15, 0.2) is 59.0 Å². The topological polar surface area (TPSA) is 115 Å². The molecule has 42 heavy (non-hydrogen) atoms. The lowest BCUT2D eigenvalue weighted by molar-refractivity contribution is -0.133. The number of ether oxygens (including phenoxy) is 3. The Morgan fingerprint density at radius 2 is 1.76 bits per heavy atom. The molecule has 1 aromatic heterocycles. The maximum atomic E-state index is 13.6. The lowest BCUT2D eigenvalue weighted by atomic mass is 9.71. The van der Waals surface area contributed by atoms with Gasteiger partial charge in [-0.2, -0.15) is 0 Å². The molecule has 0 bridgehead atoms. The molecule has 0 aliphatic heterocycles. The van der Waals surface area contributed by atoms with E-state index in [9.17, 15) is 14.7 Å². The van der Waals surface area contributed by atoms with Crippen molar-refractivity contribution in [3.05, 3.63) is 88.2 Å². The maximum Gasteiger partial charge on any atom is 0.315 e. The van der Waals surface area contributed by atoms with E-state index in [2.05, 4.69) is 20.8 Å². The minimum Gasteiger partial charge on any atom is -0.496 e. The predicted molar refractivity (Wildman–Crippen MR) is 158 cm³/mol. The molecule has 0 spiro atoms. The van der Waals surface area contributed by atoms with Crippen molar-refractivity contribution in [2.24, 2.45) is 0 Å². The van der Waals surface area contributed by atoms with Gasteiger partial charge in [-0.1, -0.05) is 32.9 Å². The third kappa shape index (κ3) is 5.40. The van der Waals surface area contributed by atoms with Gasteiger partial charge in [-0.3, -0.25) is 9.59 Å². The van der Waals surface area contributed by atoms with Crippen molar-refractivity contribution in [1.82, 2.24) is 0 Å². The fourth-order valence-electron chi connectivity index (χ4n) is 5.34. The zero-order valence-corrected chi connectivity index (χ0v) is 24.7. The summed E-state index contributed by atoms with van der Waals surface area (Å²) in [5, 5.41) is 19.4. The second-order valence-electron chi connectivity index (χ2n) is 12.2. The number of esters is 1. The van der Waals surface area contributed by atoms with Crippen molar-refractivity contribution < 1.29 is 38.4 Å². The molecular formula is C34H36O8. The summed E-state index contributed by atoms with van der Waals surface area (Å²) < 4.78 is 23.1. The van der Waals surface area contributed by atoms with Gasteiger partial charge < -0.3 is 28.8 Å². The number of rotatable bonds is 8. The summed E-state index contributed by atoms with van der Waals surface area (Å²) in [6.45, 7) is 9.77. The normalized spacial score (nSPS) is 14.7. The molecule has 0 radical (unpaired) electrons. The van der Waals surface area contributed by atoms with Gasteiger partial charge in [0.2, 0.25) is 0 Å². The molecule has 1 heterocycles. The molecule has 1 atom stereocenters. The van der Waals surface area contributed by atoms with E-state index in [1.165, 1.54) is 0 Å². The number of ketones is 1. The molecule has 0 unspecified atom stereocenters. The molecule has 3 aromatic carbocycles. The van der Waals surface area contributed by atoms with Gasteiger partial charge in [0.05, 0.1) is 25.7 Å². The summed E-state index contributed by atoms with van der Waals surface area (Å²) in [6.07, 6.45) is -0.975. The molecule has 1 aliphatic carbocycles. The number of aliphatic hydroxyl groups is 2. The molecule has 0 fully saturated rings. The van der Waals surface area contributed by atoms with E-state index < -0.39 is 24.1 Å². The average molecular weight is 573 g/mol. The van der Waals surface area contributed by atoms with E-state index in [0.29, 0.717) is 45.1 Å². The summed E-state index contributed by atoms with van der Waals surface area (Å²) >= 11 is 0. The van der Waals surface area contributed by atoms with E-state index in [-0.39, 0.29) is 24.2 Å². The van der Waals surface area contributed by atoms with Crippen LogP contribution in [0, 0.1) is 0 Å². The zero-order chi connectivity index (χ0) is 30.4. The van der Waals surface area contributed by atoms with Gasteiger partial charge in [-0.15, -0.1) is 0 Å². The van der Waals surface area contributed by atoms with Gasteiger partial charge in [0.25, 0.3) is 0 Å². The van der Waals surface area contributed by atoms with Crippen molar-refractivity contribution in [2.45, 2.75) is 58.0 Å². The standard InChI is InChI=1S/C34H36O8/c1-33(2,3)20-7-12-27(39-6)19(13-20)14-29(37)41-23-9-11-25-28(16-23)42-32-30(25)31(38)24-10-8-22(40-18-21(36)17-35)15-26(24)34(32,4)5/h7-13,15-16,21,35-36H,14,17-18H2,1-6H3/t21-/m1/s1. The number of carbonyl (C=O) groups excluding carboxylic acids is 2. The first-order chi connectivity index (χ1) is 19.8. The number of hydrogen-bond acceptors (Lipinski definition) is 8. The maximum absolute atomic E-state index is 13.6. The summed E-state index contributed by atoms with van der Waals surface area (Å²) in [6, 6.07) is 16.0. The number of furan rings is 1. The van der Waals surface area contributed by atoms with E-state index in [0.717, 1.165) is 16.7 Å². The Kier molecular flexibility index (Phi) is 7.64. The van der Waals surface area contributed by atoms with Crippen molar-refractivity contribution >= 4 is 22.7 Å². The number of methoxy groups -OCH3 is 1. The second kappa shape index (κ2) is 10.9. The zero-order valence-electron chi connectivity index (χ0n) is 24.7. The first-order valence-corrected chi connectivity index (χ1v) is 13.9. The van der Waals surface area contributed by atoms with Gasteiger partial charge in [0.15, 0.2) is 5.78 Å². The Bertz CT molecular complexity index is 1670. The van der Waals surface area contributed by atoms with Crippen LogP contribution in [-0.4, -0.2) is 48.4 Å². The predicted octanol–water partition coefficient (Wildman–Crippen LogP) is 5.49. The highest BCUT2D eigenvalue weighted by atomic mass is 16.5. The van der Waals surface area contributed by atoms with Gasteiger partial charge in [0.1, 0.15) is 41.3 Å². The van der Waals surface area contributed by atoms with Crippen molar-refractivity contribution in [1.29, 1.82) is 0 Å². The average Bonchev–Trinajstić information content (AvgIpc) is 3.34. The van der Waals surface area contributed by atoms with Crippen LogP contribution >= 0.6 is 0 Å². The number of benzene rings is 3. The van der Waals surface area contributed by atoms with Crippen LogP contribution in [0.3, 0.4) is 0 Å². The quantitative estimate of drug-likeness (QED) is 0.210. The SMILES string of the molecule is COc1ccc(C(C)(C)C)cc1CC(=O)Oc1ccc2c3c(oc2c1)C(C)(C)c1cc(OC[C@H](O)CO)ccc1C3=O. The summed E-state index contributed by atoms with van der Waals surface area (Å²) in [4.78, 5) is 26.6. The van der Waals surface area contributed by atoms with E-state index in [4.69, 9.17) is 23.7 Å². The van der Waals surface area contributed by atoms with Gasteiger partial charge in [-0.25, -0.2) is 0 Å². The van der Waals surface area contributed by atoms with Crippen molar-refractivity contribution in [3.63, 3.8) is 0 Å². The third-order valence-corrected chi connectivity index (χ3v) is 7.73. The Balaban J connectivity index is 1.42. The first kappa shape index (κ1) is 29.4. The fourth-order valence-corrected chi connectivity index (χ4v) is 5.34. The Labute approximate surface area is 244 Å². The van der Waals surface area contributed by atoms with Crippen LogP contribution in [-0.2, 0) is 22.0 Å². The first-order valence-electron chi connectivity index (χ1n) is 13.9. The molecule has 0 saturated heterocycles. The van der Waals surface area contributed by atoms with Crippen LogP contribution in [0.25, 0.3) is 11.0 Å². The molecule has 8 heteroatoms. The lowest BCUT2D eigenvalue weighted by Crippen LogP contribution is -2.29. The van der Waals surface area contributed by atoms with E-state index >= 15 is 0 Å². The van der Waals surface area contributed by atoms with Crippen LogP contribution in [0.5, 0.6) is 17.2 Å². The Hall–Kier alpha value is -4.14. The molecule has 220 valence electrons. The Morgan fingerprint density at radius 3 is 2.45 bits per heavy atom. The summed E-state index contributed by atoms with van der Waals surface area (Å²) in [5.41, 5.74) is 3.24. The number of aliphatic hydroxyl groups excluding tert-OH is 2. The van der Waals surface area contributed by atoms with Gasteiger partial charge in [0, 0.05) is 28.0 Å². The molecule has 0 amide bonds. The summed E-state index contributed by atoms with van der Waals surface area (Å²) in [5.74, 6) is 1.29.